The van der Waals surface area contributed by atoms with Crippen LogP contribution in [0.2, 0.25) is 0 Å². The third kappa shape index (κ3) is 4.25. The van der Waals surface area contributed by atoms with Crippen molar-refractivity contribution in [3.8, 4) is 0 Å². The topological polar surface area (TPSA) is 102 Å². The number of nitrogen functional groups attached to an aromatic ring is 1. The van der Waals surface area contributed by atoms with Crippen molar-refractivity contribution in [1.82, 2.24) is 29.5 Å². The molecule has 2 atom stereocenters. The number of piperidine rings is 1. The van der Waals surface area contributed by atoms with E-state index in [0.717, 1.165) is 25.2 Å². The van der Waals surface area contributed by atoms with Crippen molar-refractivity contribution in [3.63, 3.8) is 0 Å². The Balaban J connectivity index is 1.64. The van der Waals surface area contributed by atoms with Crippen molar-refractivity contribution in [3.05, 3.63) is 35.4 Å². The first-order chi connectivity index (χ1) is 14.0. The Hall–Kier alpha value is -2.52. The third-order valence-corrected chi connectivity index (χ3v) is 5.79. The molecule has 2 aliphatic rings. The Morgan fingerprint density at radius 1 is 1.24 bits per heavy atom. The summed E-state index contributed by atoms with van der Waals surface area (Å²) in [5.74, 6) is 0.0797. The Morgan fingerprint density at radius 3 is 2.72 bits per heavy atom. The standard InChI is InChI=1S/C20H29N7O2/c1-14-16(11-22-20(21)24-14)19(28)27-8-9-29-17(13-26-6-4-3-5-7-26)18(27)15-10-23-25(2)12-15/h10-12,17-18H,3-9,13H2,1-2H3,(H2,21,22,24)/t17-,18-/m0/s1. The molecule has 0 bridgehead atoms. The quantitative estimate of drug-likeness (QED) is 0.823. The van der Waals surface area contributed by atoms with E-state index in [2.05, 4.69) is 20.0 Å². The van der Waals surface area contributed by atoms with E-state index in [9.17, 15) is 4.79 Å². The average Bonchev–Trinajstić information content (AvgIpc) is 3.14. The molecule has 0 saturated carbocycles. The first-order valence-electron chi connectivity index (χ1n) is 10.3. The molecule has 0 radical (unpaired) electrons. The fourth-order valence-electron chi connectivity index (χ4n) is 4.35. The molecule has 2 saturated heterocycles. The Morgan fingerprint density at radius 2 is 2.03 bits per heavy atom. The van der Waals surface area contributed by atoms with Crippen molar-refractivity contribution in [2.45, 2.75) is 38.3 Å². The number of rotatable bonds is 4. The molecule has 156 valence electrons. The highest BCUT2D eigenvalue weighted by atomic mass is 16.5. The summed E-state index contributed by atoms with van der Waals surface area (Å²) in [4.78, 5) is 26.0. The highest BCUT2D eigenvalue weighted by Gasteiger charge is 2.39. The van der Waals surface area contributed by atoms with Gasteiger partial charge in [-0.05, 0) is 32.9 Å². The molecule has 29 heavy (non-hydrogen) atoms. The van der Waals surface area contributed by atoms with Gasteiger partial charge >= 0.3 is 0 Å². The van der Waals surface area contributed by atoms with Crippen LogP contribution < -0.4 is 5.73 Å². The fourth-order valence-corrected chi connectivity index (χ4v) is 4.35. The number of amides is 1. The fraction of sp³-hybridized carbons (Fsp3) is 0.600. The van der Waals surface area contributed by atoms with Crippen LogP contribution in [0.5, 0.6) is 0 Å². The second-order valence-electron chi connectivity index (χ2n) is 7.89. The van der Waals surface area contributed by atoms with E-state index in [1.54, 1.807) is 11.6 Å². The molecule has 4 heterocycles. The van der Waals surface area contributed by atoms with Gasteiger partial charge in [0.1, 0.15) is 0 Å². The first-order valence-corrected chi connectivity index (χ1v) is 10.3. The number of ether oxygens (including phenoxy) is 1. The molecule has 0 aromatic carbocycles. The monoisotopic (exact) mass is 399 g/mol. The van der Waals surface area contributed by atoms with Gasteiger partial charge < -0.3 is 20.3 Å². The van der Waals surface area contributed by atoms with Gasteiger partial charge in [-0.15, -0.1) is 0 Å². The van der Waals surface area contributed by atoms with E-state index in [1.807, 2.05) is 24.3 Å². The summed E-state index contributed by atoms with van der Waals surface area (Å²) in [6.07, 6.45) is 8.93. The normalized spacial score (nSPS) is 23.3. The lowest BCUT2D eigenvalue weighted by molar-refractivity contribution is -0.0742. The van der Waals surface area contributed by atoms with Crippen LogP contribution in [0.1, 0.15) is 46.9 Å². The van der Waals surface area contributed by atoms with E-state index in [4.69, 9.17) is 10.5 Å². The van der Waals surface area contributed by atoms with Crippen LogP contribution >= 0.6 is 0 Å². The van der Waals surface area contributed by atoms with Crippen LogP contribution in [0.25, 0.3) is 0 Å². The second-order valence-corrected chi connectivity index (χ2v) is 7.89. The number of nitrogens with two attached hydrogens (primary N) is 1. The van der Waals surface area contributed by atoms with Gasteiger partial charge in [0, 0.05) is 38.1 Å². The van der Waals surface area contributed by atoms with Gasteiger partial charge in [-0.25, -0.2) is 9.97 Å². The van der Waals surface area contributed by atoms with Crippen LogP contribution in [0.4, 0.5) is 5.95 Å². The van der Waals surface area contributed by atoms with Gasteiger partial charge in [0.2, 0.25) is 5.95 Å². The average molecular weight is 399 g/mol. The second kappa shape index (κ2) is 8.46. The van der Waals surface area contributed by atoms with Crippen LogP contribution in [-0.2, 0) is 11.8 Å². The first kappa shape index (κ1) is 19.8. The largest absolute Gasteiger partial charge is 0.373 e. The zero-order chi connectivity index (χ0) is 20.4. The van der Waals surface area contributed by atoms with E-state index in [-0.39, 0.29) is 24.0 Å². The Kier molecular flexibility index (Phi) is 5.77. The van der Waals surface area contributed by atoms with Gasteiger partial charge in [-0.2, -0.15) is 5.10 Å². The molecule has 9 nitrogen and oxygen atoms in total. The van der Waals surface area contributed by atoms with Crippen molar-refractivity contribution in [1.29, 1.82) is 0 Å². The maximum absolute atomic E-state index is 13.5. The van der Waals surface area contributed by atoms with Gasteiger partial charge in [0.05, 0.1) is 36.2 Å². The van der Waals surface area contributed by atoms with E-state index < -0.39 is 0 Å². The highest BCUT2D eigenvalue weighted by molar-refractivity contribution is 5.95. The number of aromatic nitrogens is 4. The summed E-state index contributed by atoms with van der Waals surface area (Å²) in [5.41, 5.74) is 7.72. The van der Waals surface area contributed by atoms with Crippen LogP contribution in [0.3, 0.4) is 0 Å². The molecule has 0 aliphatic carbocycles. The number of hydrogen-bond donors (Lipinski definition) is 1. The zero-order valence-electron chi connectivity index (χ0n) is 17.1. The number of anilines is 1. The number of nitrogens with zero attached hydrogens (tertiary/aromatic N) is 6. The van der Waals surface area contributed by atoms with Crippen molar-refractivity contribution < 1.29 is 9.53 Å². The number of hydrogen-bond acceptors (Lipinski definition) is 7. The Bertz CT molecular complexity index is 862. The molecule has 0 unspecified atom stereocenters. The molecule has 2 N–H and O–H groups in total. The summed E-state index contributed by atoms with van der Waals surface area (Å²) < 4.78 is 7.96. The van der Waals surface area contributed by atoms with Crippen LogP contribution in [0, 0.1) is 6.92 Å². The SMILES string of the molecule is Cc1nc(N)ncc1C(=O)N1CCO[C@@H](CN2CCCCC2)[C@@H]1c1cnn(C)c1. The summed E-state index contributed by atoms with van der Waals surface area (Å²) in [5, 5.41) is 4.34. The maximum Gasteiger partial charge on any atom is 0.257 e. The smallest absolute Gasteiger partial charge is 0.257 e. The minimum absolute atomic E-state index is 0.0942. The summed E-state index contributed by atoms with van der Waals surface area (Å²) in [6, 6.07) is -0.205. The van der Waals surface area contributed by atoms with E-state index in [0.29, 0.717) is 24.4 Å². The molecule has 9 heteroatoms. The predicted octanol–water partition coefficient (Wildman–Crippen LogP) is 1.17. The van der Waals surface area contributed by atoms with Gasteiger partial charge in [0.25, 0.3) is 5.91 Å². The molecule has 2 aliphatic heterocycles. The molecular formula is C20H29N7O2. The number of carbonyl (C=O) groups excluding carboxylic acids is 1. The minimum Gasteiger partial charge on any atom is -0.373 e. The zero-order valence-corrected chi connectivity index (χ0v) is 17.1. The lowest BCUT2D eigenvalue weighted by atomic mass is 9.98. The van der Waals surface area contributed by atoms with Crippen molar-refractivity contribution in [2.75, 3.05) is 38.5 Å². The lowest BCUT2D eigenvalue weighted by Gasteiger charge is -2.43. The third-order valence-electron chi connectivity index (χ3n) is 5.79. The molecule has 0 spiro atoms. The number of aryl methyl sites for hydroxylation is 2. The number of morpholine rings is 1. The number of likely N-dealkylation sites (tertiary alicyclic amines) is 1. The Labute approximate surface area is 170 Å². The molecule has 2 aromatic rings. The molecule has 4 rings (SSSR count). The van der Waals surface area contributed by atoms with E-state index >= 15 is 0 Å². The molecule has 1 amide bonds. The van der Waals surface area contributed by atoms with Crippen molar-refractivity contribution in [2.24, 2.45) is 7.05 Å². The number of carbonyl (C=O) groups is 1. The highest BCUT2D eigenvalue weighted by Crippen LogP contribution is 2.32. The maximum atomic E-state index is 13.5. The predicted molar refractivity (Wildman–Crippen MR) is 108 cm³/mol. The molecule has 2 aromatic heterocycles. The molecule has 2 fully saturated rings. The lowest BCUT2D eigenvalue weighted by Crippen LogP contribution is -2.52. The minimum atomic E-state index is -0.205. The van der Waals surface area contributed by atoms with Crippen molar-refractivity contribution >= 4 is 11.9 Å². The van der Waals surface area contributed by atoms with Gasteiger partial charge in [-0.1, -0.05) is 6.42 Å². The molecular weight excluding hydrogens is 370 g/mol. The summed E-state index contributed by atoms with van der Waals surface area (Å²) >= 11 is 0. The summed E-state index contributed by atoms with van der Waals surface area (Å²) in [7, 11) is 1.89. The van der Waals surface area contributed by atoms with E-state index in [1.165, 1.54) is 25.5 Å². The van der Waals surface area contributed by atoms with Gasteiger partial charge in [0.15, 0.2) is 0 Å². The summed E-state index contributed by atoms with van der Waals surface area (Å²) in [6.45, 7) is 5.78. The van der Waals surface area contributed by atoms with Crippen LogP contribution in [-0.4, -0.2) is 74.3 Å². The van der Waals surface area contributed by atoms with Gasteiger partial charge in [-0.3, -0.25) is 9.48 Å². The van der Waals surface area contributed by atoms with Crippen LogP contribution in [0.15, 0.2) is 18.6 Å².